The molecule has 2 N–H and O–H groups in total. The topological polar surface area (TPSA) is 35.2 Å². The van der Waals surface area contributed by atoms with Gasteiger partial charge in [-0.05, 0) is 55.6 Å². The minimum Gasteiger partial charge on any atom is -0.378 e. The Kier molecular flexibility index (Phi) is 3.16. The van der Waals surface area contributed by atoms with Crippen molar-refractivity contribution < 1.29 is 4.74 Å². The minimum absolute atomic E-state index is 0.114. The van der Waals surface area contributed by atoms with E-state index in [0.717, 1.165) is 12.8 Å². The van der Waals surface area contributed by atoms with E-state index in [0.29, 0.717) is 5.92 Å². The Morgan fingerprint density at radius 1 is 1.39 bits per heavy atom. The van der Waals surface area contributed by atoms with E-state index in [-0.39, 0.29) is 11.6 Å². The summed E-state index contributed by atoms with van der Waals surface area (Å²) >= 11 is 0. The lowest BCUT2D eigenvalue weighted by atomic mass is 9.71. The van der Waals surface area contributed by atoms with Crippen LogP contribution in [0, 0.1) is 0 Å². The molecule has 0 aromatic heterocycles. The lowest BCUT2D eigenvalue weighted by Gasteiger charge is -2.43. The first kappa shape index (κ1) is 12.2. The molecule has 1 aromatic carbocycles. The van der Waals surface area contributed by atoms with Crippen molar-refractivity contribution in [1.82, 2.24) is 0 Å². The maximum Gasteiger partial charge on any atom is 0.0693 e. The van der Waals surface area contributed by atoms with Gasteiger partial charge in [0.1, 0.15) is 0 Å². The van der Waals surface area contributed by atoms with Crippen molar-refractivity contribution in [3.8, 4) is 0 Å². The summed E-state index contributed by atoms with van der Waals surface area (Å²) in [5, 5.41) is 0. The first-order valence-electron chi connectivity index (χ1n) is 7.11. The van der Waals surface area contributed by atoms with Gasteiger partial charge >= 0.3 is 0 Å². The molecule has 98 valence electrons. The highest BCUT2D eigenvalue weighted by molar-refractivity contribution is 5.39. The van der Waals surface area contributed by atoms with Gasteiger partial charge in [0.15, 0.2) is 0 Å². The molecule has 2 aliphatic rings. The van der Waals surface area contributed by atoms with Crippen molar-refractivity contribution in [2.75, 3.05) is 7.11 Å². The Labute approximate surface area is 110 Å². The van der Waals surface area contributed by atoms with Gasteiger partial charge in [-0.25, -0.2) is 0 Å². The molecule has 0 heterocycles. The fourth-order valence-corrected chi connectivity index (χ4v) is 3.56. The summed E-state index contributed by atoms with van der Waals surface area (Å²) in [5.74, 6) is 0.685. The molecule has 0 bridgehead atoms. The normalized spacial score (nSPS) is 25.8. The zero-order chi connectivity index (χ0) is 12.6. The van der Waals surface area contributed by atoms with E-state index >= 15 is 0 Å². The summed E-state index contributed by atoms with van der Waals surface area (Å²) < 4.78 is 5.67. The van der Waals surface area contributed by atoms with Crippen LogP contribution in [-0.2, 0) is 11.2 Å². The Hall–Kier alpha value is -0.860. The predicted octanol–water partition coefficient (Wildman–Crippen LogP) is 3.00. The van der Waals surface area contributed by atoms with Crippen molar-refractivity contribution in [2.24, 2.45) is 5.73 Å². The average molecular weight is 245 g/mol. The Bertz CT molecular complexity index is 419. The SMILES string of the molecule is COC1(CC(N)CC2Cc3ccccc32)CCC1. The third-order valence-electron chi connectivity index (χ3n) is 4.88. The number of fused-ring (bicyclic) bond motifs is 1. The lowest BCUT2D eigenvalue weighted by molar-refractivity contribution is -0.0821. The van der Waals surface area contributed by atoms with Crippen LogP contribution in [0.15, 0.2) is 24.3 Å². The maximum absolute atomic E-state index is 6.33. The molecule has 2 heteroatoms. The molecule has 3 rings (SSSR count). The number of hydrogen-bond acceptors (Lipinski definition) is 2. The number of hydrogen-bond donors (Lipinski definition) is 1. The van der Waals surface area contributed by atoms with E-state index in [1.807, 2.05) is 7.11 Å². The van der Waals surface area contributed by atoms with Gasteiger partial charge in [-0.2, -0.15) is 0 Å². The second-order valence-corrected chi connectivity index (χ2v) is 6.04. The average Bonchev–Trinajstić information content (AvgIpc) is 2.31. The van der Waals surface area contributed by atoms with Gasteiger partial charge in [-0.15, -0.1) is 0 Å². The fraction of sp³-hybridized carbons (Fsp3) is 0.625. The van der Waals surface area contributed by atoms with Crippen molar-refractivity contribution in [2.45, 2.75) is 56.1 Å². The standard InChI is InChI=1S/C16H23NO/c1-18-16(7-4-8-16)11-14(17)10-13-9-12-5-2-3-6-15(12)13/h2-3,5-6,13-14H,4,7-11,17H2,1H3. The largest absolute Gasteiger partial charge is 0.378 e. The third kappa shape index (κ3) is 2.08. The molecule has 2 nitrogen and oxygen atoms in total. The summed E-state index contributed by atoms with van der Waals surface area (Å²) in [5.41, 5.74) is 9.48. The molecule has 0 spiro atoms. The quantitative estimate of drug-likeness (QED) is 0.865. The molecule has 2 aliphatic carbocycles. The van der Waals surface area contributed by atoms with Crippen LogP contribution in [0.2, 0.25) is 0 Å². The first-order valence-corrected chi connectivity index (χ1v) is 7.11. The summed E-state index contributed by atoms with van der Waals surface area (Å²) in [6, 6.07) is 9.04. The summed E-state index contributed by atoms with van der Waals surface area (Å²) in [6.45, 7) is 0. The Morgan fingerprint density at radius 3 is 2.78 bits per heavy atom. The number of ether oxygens (including phenoxy) is 1. The molecular weight excluding hydrogens is 222 g/mol. The van der Waals surface area contributed by atoms with Crippen molar-refractivity contribution in [3.63, 3.8) is 0 Å². The maximum atomic E-state index is 6.33. The van der Waals surface area contributed by atoms with Crippen LogP contribution in [0.3, 0.4) is 0 Å². The number of rotatable bonds is 5. The molecule has 1 fully saturated rings. The van der Waals surface area contributed by atoms with Crippen LogP contribution in [0.4, 0.5) is 0 Å². The van der Waals surface area contributed by atoms with Gasteiger partial charge in [0.05, 0.1) is 5.60 Å². The number of nitrogens with two attached hydrogens (primary N) is 1. The van der Waals surface area contributed by atoms with Crippen molar-refractivity contribution >= 4 is 0 Å². The Morgan fingerprint density at radius 2 is 2.17 bits per heavy atom. The van der Waals surface area contributed by atoms with E-state index in [4.69, 9.17) is 10.5 Å². The van der Waals surface area contributed by atoms with Crippen LogP contribution >= 0.6 is 0 Å². The number of methoxy groups -OCH3 is 1. The second kappa shape index (κ2) is 4.67. The highest BCUT2D eigenvalue weighted by Crippen LogP contribution is 2.42. The van der Waals surface area contributed by atoms with E-state index in [9.17, 15) is 0 Å². The van der Waals surface area contributed by atoms with E-state index in [1.54, 1.807) is 0 Å². The molecule has 0 amide bonds. The van der Waals surface area contributed by atoms with Crippen LogP contribution in [0.1, 0.15) is 49.1 Å². The molecule has 0 aliphatic heterocycles. The van der Waals surface area contributed by atoms with Crippen molar-refractivity contribution in [3.05, 3.63) is 35.4 Å². The highest BCUT2D eigenvalue weighted by atomic mass is 16.5. The summed E-state index contributed by atoms with van der Waals surface area (Å²) in [7, 11) is 1.84. The summed E-state index contributed by atoms with van der Waals surface area (Å²) in [6.07, 6.45) is 7.04. The molecule has 18 heavy (non-hydrogen) atoms. The second-order valence-electron chi connectivity index (χ2n) is 6.04. The van der Waals surface area contributed by atoms with Gasteiger partial charge in [-0.1, -0.05) is 24.3 Å². The summed E-state index contributed by atoms with van der Waals surface area (Å²) in [4.78, 5) is 0. The molecule has 1 saturated carbocycles. The van der Waals surface area contributed by atoms with E-state index in [1.165, 1.54) is 36.8 Å². The van der Waals surface area contributed by atoms with Crippen LogP contribution in [0.5, 0.6) is 0 Å². The van der Waals surface area contributed by atoms with Gasteiger partial charge in [0.2, 0.25) is 0 Å². The van der Waals surface area contributed by atoms with Crippen LogP contribution in [0.25, 0.3) is 0 Å². The van der Waals surface area contributed by atoms with Gasteiger partial charge in [0, 0.05) is 13.2 Å². The highest BCUT2D eigenvalue weighted by Gasteiger charge is 2.39. The molecular formula is C16H23NO. The molecule has 1 aromatic rings. The van der Waals surface area contributed by atoms with Crippen LogP contribution < -0.4 is 5.73 Å². The smallest absolute Gasteiger partial charge is 0.0693 e. The lowest BCUT2D eigenvalue weighted by Crippen LogP contribution is -2.45. The van der Waals surface area contributed by atoms with Crippen LogP contribution in [-0.4, -0.2) is 18.8 Å². The fourth-order valence-electron chi connectivity index (χ4n) is 3.56. The van der Waals surface area contributed by atoms with Gasteiger partial charge in [-0.3, -0.25) is 0 Å². The van der Waals surface area contributed by atoms with Gasteiger partial charge < -0.3 is 10.5 Å². The zero-order valence-electron chi connectivity index (χ0n) is 11.2. The molecule has 0 saturated heterocycles. The minimum atomic E-state index is 0.114. The molecule has 0 radical (unpaired) electrons. The van der Waals surface area contributed by atoms with E-state index in [2.05, 4.69) is 24.3 Å². The monoisotopic (exact) mass is 245 g/mol. The zero-order valence-corrected chi connectivity index (χ0v) is 11.2. The van der Waals surface area contributed by atoms with Gasteiger partial charge in [0.25, 0.3) is 0 Å². The molecule has 2 unspecified atom stereocenters. The third-order valence-corrected chi connectivity index (χ3v) is 4.88. The van der Waals surface area contributed by atoms with Crippen molar-refractivity contribution in [1.29, 1.82) is 0 Å². The van der Waals surface area contributed by atoms with E-state index < -0.39 is 0 Å². The Balaban J connectivity index is 1.55. The molecule has 2 atom stereocenters. The predicted molar refractivity (Wildman–Crippen MR) is 73.7 cm³/mol. The number of benzene rings is 1. The first-order chi connectivity index (χ1) is 8.72.